The molecule has 4 aromatic carbocycles. The fourth-order valence-corrected chi connectivity index (χ4v) is 5.41. The molecule has 0 spiro atoms. The molecule has 0 aliphatic rings. The normalized spacial score (nSPS) is 11.6. The molecule has 4 heteroatoms. The van der Waals surface area contributed by atoms with Crippen molar-refractivity contribution >= 4 is 43.7 Å². The molecular weight excluding hydrogens is 478 g/mol. The number of fused-ring (bicyclic) bond motifs is 6. The Hall–Kier alpha value is -5.35. The van der Waals surface area contributed by atoms with Gasteiger partial charge in [-0.1, -0.05) is 84.9 Å². The Labute approximate surface area is 224 Å². The van der Waals surface area contributed by atoms with Crippen molar-refractivity contribution in [1.82, 2.24) is 15.0 Å². The summed E-state index contributed by atoms with van der Waals surface area (Å²) in [6.45, 7) is 0. The van der Waals surface area contributed by atoms with Crippen molar-refractivity contribution in [2.24, 2.45) is 0 Å². The number of hydrogen-bond acceptors (Lipinski definition) is 4. The van der Waals surface area contributed by atoms with Gasteiger partial charge in [0, 0.05) is 50.6 Å². The summed E-state index contributed by atoms with van der Waals surface area (Å²) in [5.41, 5.74) is 9.73. The third-order valence-electron chi connectivity index (χ3n) is 7.39. The highest BCUT2D eigenvalue weighted by Gasteiger charge is 2.13. The van der Waals surface area contributed by atoms with Crippen molar-refractivity contribution in [3.8, 4) is 33.6 Å². The Morgan fingerprint density at radius 2 is 1.05 bits per heavy atom. The van der Waals surface area contributed by atoms with Crippen molar-refractivity contribution < 1.29 is 4.42 Å². The summed E-state index contributed by atoms with van der Waals surface area (Å²) in [5, 5.41) is 4.41. The summed E-state index contributed by atoms with van der Waals surface area (Å²) in [7, 11) is 0. The molecule has 0 bridgehead atoms. The molecule has 0 radical (unpaired) electrons. The Bertz CT molecular complexity index is 2160. The lowest BCUT2D eigenvalue weighted by molar-refractivity contribution is 0.670. The van der Waals surface area contributed by atoms with Gasteiger partial charge in [-0.05, 0) is 35.9 Å². The second kappa shape index (κ2) is 8.61. The first-order chi connectivity index (χ1) is 19.3. The Balaban J connectivity index is 1.22. The van der Waals surface area contributed by atoms with Crippen molar-refractivity contribution in [2.45, 2.75) is 0 Å². The van der Waals surface area contributed by atoms with E-state index in [1.54, 1.807) is 12.4 Å². The van der Waals surface area contributed by atoms with E-state index in [1.165, 1.54) is 0 Å². The molecule has 0 fully saturated rings. The van der Waals surface area contributed by atoms with Crippen LogP contribution in [0.5, 0.6) is 0 Å². The molecule has 4 nitrogen and oxygen atoms in total. The standard InChI is InChI=1S/C35H21N3O/c1-2-7-32-28(4-1)29-6-3-5-27(35(29)39-32)22-8-10-23(11-9-22)30-16-14-25-12-13-26-15-17-31(24-18-20-36-21-19-24)38-34(26)33(25)37-30/h1-21H. The van der Waals surface area contributed by atoms with Crippen LogP contribution in [-0.4, -0.2) is 15.0 Å². The molecule has 0 amide bonds. The molecule has 8 rings (SSSR count). The summed E-state index contributed by atoms with van der Waals surface area (Å²) >= 11 is 0. The predicted molar refractivity (Wildman–Crippen MR) is 158 cm³/mol. The van der Waals surface area contributed by atoms with Crippen molar-refractivity contribution in [3.63, 3.8) is 0 Å². The van der Waals surface area contributed by atoms with Crippen LogP contribution >= 0.6 is 0 Å². The van der Waals surface area contributed by atoms with Crippen LogP contribution in [0.15, 0.2) is 132 Å². The monoisotopic (exact) mass is 499 g/mol. The maximum Gasteiger partial charge on any atom is 0.143 e. The summed E-state index contributed by atoms with van der Waals surface area (Å²) in [5.74, 6) is 0. The van der Waals surface area contributed by atoms with Gasteiger partial charge in [-0.2, -0.15) is 0 Å². The van der Waals surface area contributed by atoms with E-state index < -0.39 is 0 Å². The third-order valence-corrected chi connectivity index (χ3v) is 7.39. The number of hydrogen-bond donors (Lipinski definition) is 0. The number of aromatic nitrogens is 3. The number of rotatable bonds is 3. The van der Waals surface area contributed by atoms with Gasteiger partial charge in [0.25, 0.3) is 0 Å². The van der Waals surface area contributed by atoms with Crippen molar-refractivity contribution in [2.75, 3.05) is 0 Å². The average molecular weight is 500 g/mol. The molecule has 0 unspecified atom stereocenters. The van der Waals surface area contributed by atoms with E-state index in [9.17, 15) is 0 Å². The van der Waals surface area contributed by atoms with Crippen LogP contribution in [0.1, 0.15) is 0 Å². The first-order valence-electron chi connectivity index (χ1n) is 12.9. The predicted octanol–water partition coefficient (Wildman–Crippen LogP) is 9.08. The highest BCUT2D eigenvalue weighted by molar-refractivity contribution is 6.09. The van der Waals surface area contributed by atoms with E-state index in [0.29, 0.717) is 0 Å². The van der Waals surface area contributed by atoms with Gasteiger partial charge < -0.3 is 4.42 Å². The van der Waals surface area contributed by atoms with Crippen molar-refractivity contribution in [1.29, 1.82) is 0 Å². The zero-order valence-electron chi connectivity index (χ0n) is 20.9. The smallest absolute Gasteiger partial charge is 0.143 e. The number of furan rings is 1. The lowest BCUT2D eigenvalue weighted by Crippen LogP contribution is -1.91. The zero-order chi connectivity index (χ0) is 25.8. The fraction of sp³-hybridized carbons (Fsp3) is 0. The van der Waals surface area contributed by atoms with E-state index in [2.05, 4.69) is 89.9 Å². The third kappa shape index (κ3) is 3.57. The summed E-state index contributed by atoms with van der Waals surface area (Å²) in [4.78, 5) is 14.2. The molecular formula is C35H21N3O. The first-order valence-corrected chi connectivity index (χ1v) is 12.9. The van der Waals surface area contributed by atoms with Gasteiger partial charge in [-0.15, -0.1) is 0 Å². The molecule has 0 aliphatic carbocycles. The summed E-state index contributed by atoms with van der Waals surface area (Å²) in [6, 6.07) is 39.6. The quantitative estimate of drug-likeness (QED) is 0.228. The van der Waals surface area contributed by atoms with Crippen LogP contribution in [0.25, 0.3) is 77.4 Å². The van der Waals surface area contributed by atoms with Crippen LogP contribution in [0.3, 0.4) is 0 Å². The zero-order valence-corrected chi connectivity index (χ0v) is 20.9. The topological polar surface area (TPSA) is 51.8 Å². The van der Waals surface area contributed by atoms with Crippen LogP contribution in [0.4, 0.5) is 0 Å². The number of nitrogens with zero attached hydrogens (tertiary/aromatic N) is 3. The van der Waals surface area contributed by atoms with Crippen LogP contribution in [-0.2, 0) is 0 Å². The van der Waals surface area contributed by atoms with E-state index in [4.69, 9.17) is 14.4 Å². The fourth-order valence-electron chi connectivity index (χ4n) is 5.41. The van der Waals surface area contributed by atoms with E-state index in [-0.39, 0.29) is 0 Å². The highest BCUT2D eigenvalue weighted by Crippen LogP contribution is 2.36. The van der Waals surface area contributed by atoms with Crippen molar-refractivity contribution in [3.05, 3.63) is 128 Å². The minimum Gasteiger partial charge on any atom is -0.455 e. The lowest BCUT2D eigenvalue weighted by atomic mass is 10.00. The Morgan fingerprint density at radius 1 is 0.462 bits per heavy atom. The number of benzene rings is 4. The molecule has 0 saturated carbocycles. The molecule has 4 aromatic heterocycles. The van der Waals surface area contributed by atoms with Crippen LogP contribution < -0.4 is 0 Å². The average Bonchev–Trinajstić information content (AvgIpc) is 3.40. The van der Waals surface area contributed by atoms with Gasteiger partial charge in [0.1, 0.15) is 11.2 Å². The molecule has 182 valence electrons. The molecule has 0 aliphatic heterocycles. The van der Waals surface area contributed by atoms with Gasteiger partial charge in [-0.25, -0.2) is 9.97 Å². The number of pyridine rings is 3. The van der Waals surface area contributed by atoms with E-state index in [1.807, 2.05) is 30.3 Å². The molecule has 0 atom stereocenters. The first kappa shape index (κ1) is 21.7. The summed E-state index contributed by atoms with van der Waals surface area (Å²) in [6.07, 6.45) is 3.58. The lowest BCUT2D eigenvalue weighted by Gasteiger charge is -2.09. The van der Waals surface area contributed by atoms with Crippen LogP contribution in [0.2, 0.25) is 0 Å². The van der Waals surface area contributed by atoms with Gasteiger partial charge in [0.2, 0.25) is 0 Å². The number of para-hydroxylation sites is 2. The Kier molecular flexibility index (Phi) is 4.79. The van der Waals surface area contributed by atoms with Crippen LogP contribution in [0, 0.1) is 0 Å². The van der Waals surface area contributed by atoms with Gasteiger partial charge >= 0.3 is 0 Å². The van der Waals surface area contributed by atoms with Gasteiger partial charge in [-0.3, -0.25) is 4.98 Å². The molecule has 0 N–H and O–H groups in total. The van der Waals surface area contributed by atoms with Gasteiger partial charge in [0.05, 0.1) is 22.4 Å². The van der Waals surface area contributed by atoms with E-state index in [0.717, 1.165) is 77.4 Å². The minimum atomic E-state index is 0.900. The Morgan fingerprint density at radius 3 is 1.77 bits per heavy atom. The molecule has 0 saturated heterocycles. The summed E-state index contributed by atoms with van der Waals surface area (Å²) < 4.78 is 6.26. The van der Waals surface area contributed by atoms with E-state index >= 15 is 0 Å². The molecule has 8 aromatic rings. The van der Waals surface area contributed by atoms with Gasteiger partial charge in [0.15, 0.2) is 0 Å². The largest absolute Gasteiger partial charge is 0.455 e. The molecule has 4 heterocycles. The highest BCUT2D eigenvalue weighted by atomic mass is 16.3. The minimum absolute atomic E-state index is 0.900. The maximum absolute atomic E-state index is 6.26. The second-order valence-corrected chi connectivity index (χ2v) is 9.70. The SMILES string of the molecule is c1ccc2c(c1)oc1c(-c3ccc(-c4ccc5ccc6ccc(-c7ccncc7)nc6c5n4)cc3)cccc12. The maximum atomic E-state index is 6.26. The molecule has 39 heavy (non-hydrogen) atoms. The second-order valence-electron chi connectivity index (χ2n) is 9.70.